The minimum atomic E-state index is -0.630. The Labute approximate surface area is 281 Å². The summed E-state index contributed by atoms with van der Waals surface area (Å²) in [6.07, 6.45) is 1.51. The van der Waals surface area contributed by atoms with Crippen LogP contribution >= 0.6 is 62.3 Å². The van der Waals surface area contributed by atoms with Crippen molar-refractivity contribution in [3.05, 3.63) is 102 Å². The van der Waals surface area contributed by atoms with Crippen LogP contribution < -0.4 is 25.5 Å². The third-order valence-electron chi connectivity index (χ3n) is 6.06. The first-order valence-corrected chi connectivity index (χ1v) is 15.7. The van der Waals surface area contributed by atoms with E-state index in [1.54, 1.807) is 38.1 Å². The average molecular weight is 798 g/mol. The number of carbonyl (C=O) groups excluding carboxylic acids is 2. The molecule has 3 N–H and O–H groups in total. The summed E-state index contributed by atoms with van der Waals surface area (Å²) in [6.45, 7) is 3.69. The first-order chi connectivity index (χ1) is 20.7. The Kier molecular flexibility index (Phi) is 11.8. The average Bonchev–Trinajstić information content (AvgIpc) is 2.95. The van der Waals surface area contributed by atoms with E-state index in [2.05, 4.69) is 59.7 Å². The monoisotopic (exact) mass is 796 g/mol. The maximum absolute atomic E-state index is 12.8. The van der Waals surface area contributed by atoms with Gasteiger partial charge in [0.15, 0.2) is 11.7 Å². The fourth-order valence-electron chi connectivity index (χ4n) is 4.22. The summed E-state index contributed by atoms with van der Waals surface area (Å²) in [4.78, 5) is 25.4. The molecule has 3 aromatic rings. The third kappa shape index (κ3) is 8.91. The number of hydrogen-bond acceptors (Lipinski definition) is 7. The highest BCUT2D eigenvalue weighted by atomic mass is 127. The van der Waals surface area contributed by atoms with Gasteiger partial charge in [0, 0.05) is 26.3 Å². The number of amides is 1. The van der Waals surface area contributed by atoms with Crippen molar-refractivity contribution in [1.82, 2.24) is 16.1 Å². The van der Waals surface area contributed by atoms with Crippen molar-refractivity contribution >= 4 is 85.5 Å². The number of nitrogens with zero attached hydrogens (tertiary/aromatic N) is 1. The van der Waals surface area contributed by atoms with Crippen LogP contribution in [0.25, 0.3) is 0 Å². The molecule has 13 heteroatoms. The van der Waals surface area contributed by atoms with Crippen molar-refractivity contribution in [3.8, 4) is 11.5 Å². The van der Waals surface area contributed by atoms with Gasteiger partial charge in [-0.15, -0.1) is 0 Å². The molecule has 0 saturated heterocycles. The molecule has 9 nitrogen and oxygen atoms in total. The van der Waals surface area contributed by atoms with E-state index in [1.165, 1.54) is 6.21 Å². The molecule has 1 amide bonds. The van der Waals surface area contributed by atoms with Gasteiger partial charge in [0.2, 0.25) is 0 Å². The molecule has 0 aliphatic carbocycles. The quantitative estimate of drug-likeness (QED) is 0.0696. The molecule has 43 heavy (non-hydrogen) atoms. The largest absolute Gasteiger partial charge is 0.487 e. The molecule has 3 aromatic carbocycles. The van der Waals surface area contributed by atoms with Gasteiger partial charge in [-0.25, -0.2) is 10.2 Å². The standard InChI is InChI=1S/C30H27BrClIN4O5S/c1-3-40-29(39)26-17(2)35-30(43)36-27(26)22-9-4-5-10-24(22)41-16-25(38)37-34-14-19-12-20(31)13-23(33)28(19)42-15-18-7-6-8-21(32)11-18/h4-14,27H,3,15-16H2,1-2H3,(H,37,38)(H2,35,36,43)/t27-/m1/s1. The van der Waals surface area contributed by atoms with Crippen LogP contribution in [0.3, 0.4) is 0 Å². The number of allylic oxidation sites excluding steroid dienone is 1. The number of para-hydroxylation sites is 1. The lowest BCUT2D eigenvalue weighted by Gasteiger charge is -2.30. The topological polar surface area (TPSA) is 110 Å². The number of carbonyl (C=O) groups is 2. The highest BCUT2D eigenvalue weighted by Gasteiger charge is 2.32. The second-order valence-electron chi connectivity index (χ2n) is 9.13. The van der Waals surface area contributed by atoms with Crippen molar-refractivity contribution in [2.45, 2.75) is 26.5 Å². The molecule has 1 heterocycles. The molecule has 0 aromatic heterocycles. The van der Waals surface area contributed by atoms with Crippen molar-refractivity contribution in [2.24, 2.45) is 5.10 Å². The van der Waals surface area contributed by atoms with Crippen molar-refractivity contribution in [3.63, 3.8) is 0 Å². The zero-order valence-electron chi connectivity index (χ0n) is 23.1. The van der Waals surface area contributed by atoms with E-state index in [4.69, 9.17) is 38.0 Å². The van der Waals surface area contributed by atoms with Gasteiger partial charge < -0.3 is 24.8 Å². The summed E-state index contributed by atoms with van der Waals surface area (Å²) in [5.74, 6) is 0.0487. The van der Waals surface area contributed by atoms with Crippen LogP contribution in [0.4, 0.5) is 0 Å². The number of nitrogens with one attached hydrogen (secondary N) is 3. The summed E-state index contributed by atoms with van der Waals surface area (Å²) in [5, 5.41) is 11.2. The van der Waals surface area contributed by atoms with E-state index in [0.717, 1.165) is 13.6 Å². The van der Waals surface area contributed by atoms with Crippen LogP contribution in [-0.2, 0) is 20.9 Å². The number of esters is 1. The van der Waals surface area contributed by atoms with E-state index in [9.17, 15) is 9.59 Å². The first kappa shape index (κ1) is 32.7. The first-order valence-electron chi connectivity index (χ1n) is 13.0. The molecule has 0 bridgehead atoms. The second kappa shape index (κ2) is 15.5. The zero-order valence-corrected chi connectivity index (χ0v) is 28.4. The van der Waals surface area contributed by atoms with Crippen LogP contribution in [0.15, 0.2) is 81.5 Å². The van der Waals surface area contributed by atoms with Gasteiger partial charge in [-0.1, -0.05) is 57.9 Å². The second-order valence-corrected chi connectivity index (χ2v) is 12.1. The number of hydrazone groups is 1. The van der Waals surface area contributed by atoms with E-state index >= 15 is 0 Å². The molecule has 0 spiro atoms. The molecule has 0 unspecified atom stereocenters. The Hall–Kier alpha value is -3.20. The lowest BCUT2D eigenvalue weighted by molar-refractivity contribution is -0.139. The van der Waals surface area contributed by atoms with Crippen LogP contribution in [0, 0.1) is 3.57 Å². The van der Waals surface area contributed by atoms with Gasteiger partial charge in [-0.05, 0) is 84.6 Å². The minimum Gasteiger partial charge on any atom is -0.487 e. The van der Waals surface area contributed by atoms with Gasteiger partial charge >= 0.3 is 5.97 Å². The fraction of sp³-hybridized carbons (Fsp3) is 0.200. The van der Waals surface area contributed by atoms with E-state index < -0.39 is 17.9 Å². The normalized spacial score (nSPS) is 14.6. The molecular weight excluding hydrogens is 771 g/mol. The maximum atomic E-state index is 12.8. The molecule has 0 radical (unpaired) electrons. The van der Waals surface area contributed by atoms with Gasteiger partial charge in [0.05, 0.1) is 28.0 Å². The highest BCUT2D eigenvalue weighted by Crippen LogP contribution is 2.34. The number of hydrogen-bond donors (Lipinski definition) is 3. The van der Waals surface area contributed by atoms with Gasteiger partial charge in [-0.2, -0.15) is 5.10 Å². The van der Waals surface area contributed by atoms with Crippen LogP contribution in [-0.4, -0.2) is 36.4 Å². The van der Waals surface area contributed by atoms with Crippen molar-refractivity contribution < 1.29 is 23.8 Å². The van der Waals surface area contributed by atoms with Crippen molar-refractivity contribution in [2.75, 3.05) is 13.2 Å². The van der Waals surface area contributed by atoms with Gasteiger partial charge in [0.25, 0.3) is 5.91 Å². The fourth-order valence-corrected chi connectivity index (χ4v) is 6.41. The molecule has 1 aliphatic rings. The lowest BCUT2D eigenvalue weighted by atomic mass is 9.95. The molecular formula is C30H27BrClIN4O5S. The summed E-state index contributed by atoms with van der Waals surface area (Å²) < 4.78 is 18.9. The summed E-state index contributed by atoms with van der Waals surface area (Å²) in [6, 6.07) is 17.6. The van der Waals surface area contributed by atoms with E-state index in [0.29, 0.717) is 50.6 Å². The Balaban J connectivity index is 1.44. The van der Waals surface area contributed by atoms with Crippen LogP contribution in [0.5, 0.6) is 11.5 Å². The predicted molar refractivity (Wildman–Crippen MR) is 181 cm³/mol. The van der Waals surface area contributed by atoms with E-state index in [-0.39, 0.29) is 13.2 Å². The molecule has 1 atom stereocenters. The number of rotatable bonds is 11. The van der Waals surface area contributed by atoms with Gasteiger partial charge in [0.1, 0.15) is 18.1 Å². The number of benzene rings is 3. The molecule has 224 valence electrons. The Morgan fingerprint density at radius 1 is 1.16 bits per heavy atom. The van der Waals surface area contributed by atoms with Crippen molar-refractivity contribution in [1.29, 1.82) is 0 Å². The minimum absolute atomic E-state index is 0.222. The van der Waals surface area contributed by atoms with Crippen LogP contribution in [0.2, 0.25) is 5.02 Å². The lowest BCUT2D eigenvalue weighted by Crippen LogP contribution is -2.45. The zero-order chi connectivity index (χ0) is 30.9. The van der Waals surface area contributed by atoms with E-state index in [1.807, 2.05) is 36.4 Å². The number of thiocarbonyl (C=S) groups is 1. The SMILES string of the molecule is CCOC(=O)C1=C(C)NC(=S)N[C@@H]1c1ccccc1OCC(=O)NN=Cc1cc(Br)cc(I)c1OCc1cccc(Cl)c1. The summed E-state index contributed by atoms with van der Waals surface area (Å²) in [5.41, 5.74) is 5.64. The Morgan fingerprint density at radius 3 is 2.72 bits per heavy atom. The summed E-state index contributed by atoms with van der Waals surface area (Å²) >= 11 is 17.1. The Morgan fingerprint density at radius 2 is 1.95 bits per heavy atom. The molecule has 0 saturated carbocycles. The number of ether oxygens (including phenoxy) is 3. The summed E-state index contributed by atoms with van der Waals surface area (Å²) in [7, 11) is 0. The Bertz CT molecular complexity index is 1600. The molecule has 4 rings (SSSR count). The third-order valence-corrected chi connectivity index (χ3v) is 7.77. The molecule has 0 fully saturated rings. The number of halogens is 3. The smallest absolute Gasteiger partial charge is 0.338 e. The molecule has 1 aliphatic heterocycles. The maximum Gasteiger partial charge on any atom is 0.338 e. The highest BCUT2D eigenvalue weighted by molar-refractivity contribution is 14.1. The van der Waals surface area contributed by atoms with Gasteiger partial charge in [-0.3, -0.25) is 4.79 Å². The van der Waals surface area contributed by atoms with Crippen LogP contribution in [0.1, 0.15) is 36.6 Å². The predicted octanol–water partition coefficient (Wildman–Crippen LogP) is 6.17.